The maximum absolute atomic E-state index is 7.53. The van der Waals surface area contributed by atoms with Gasteiger partial charge in [0, 0.05) is 21.7 Å². The predicted molar refractivity (Wildman–Crippen MR) is 86.0 cm³/mol. The normalized spacial score (nSPS) is 10.3. The maximum Gasteiger partial charge on any atom is 0.139 e. The Bertz CT molecular complexity index is 662. The highest BCUT2D eigenvalue weighted by molar-refractivity contribution is 9.10. The molecule has 3 nitrogen and oxygen atoms in total. The summed E-state index contributed by atoms with van der Waals surface area (Å²) in [7, 11) is 0. The lowest BCUT2D eigenvalue weighted by Gasteiger charge is -2.12. The van der Waals surface area contributed by atoms with Gasteiger partial charge in [0.2, 0.25) is 0 Å². The first-order valence-corrected chi connectivity index (χ1v) is 7.23. The molecule has 2 aromatic rings. The van der Waals surface area contributed by atoms with E-state index in [-0.39, 0.29) is 12.4 Å². The van der Waals surface area contributed by atoms with Gasteiger partial charge in [0.05, 0.1) is 10.0 Å². The van der Waals surface area contributed by atoms with Crippen LogP contribution in [-0.4, -0.2) is 5.84 Å². The van der Waals surface area contributed by atoms with E-state index in [1.807, 2.05) is 18.2 Å². The molecular formula is C14H11BrCl2N2O. The zero-order valence-corrected chi connectivity index (χ0v) is 13.4. The number of amidine groups is 1. The number of halogens is 3. The Morgan fingerprint density at radius 2 is 1.90 bits per heavy atom. The van der Waals surface area contributed by atoms with Crippen LogP contribution in [0.2, 0.25) is 10.0 Å². The number of hydrogen-bond donors (Lipinski definition) is 2. The van der Waals surface area contributed by atoms with Crippen LogP contribution in [-0.2, 0) is 6.61 Å². The van der Waals surface area contributed by atoms with Crippen LogP contribution in [0.15, 0.2) is 40.9 Å². The lowest BCUT2D eigenvalue weighted by Crippen LogP contribution is -2.14. The number of benzene rings is 2. The van der Waals surface area contributed by atoms with Gasteiger partial charge in [-0.05, 0) is 22.0 Å². The fourth-order valence-electron chi connectivity index (χ4n) is 1.68. The summed E-state index contributed by atoms with van der Waals surface area (Å²) in [6.07, 6.45) is 0. The molecule has 0 saturated heterocycles. The van der Waals surface area contributed by atoms with Crippen LogP contribution in [0.1, 0.15) is 11.1 Å². The molecule has 0 spiro atoms. The van der Waals surface area contributed by atoms with Crippen LogP contribution in [0.3, 0.4) is 0 Å². The second-order valence-corrected chi connectivity index (χ2v) is 5.72. The lowest BCUT2D eigenvalue weighted by atomic mass is 10.1. The molecule has 6 heteroatoms. The molecule has 0 aromatic heterocycles. The molecular weight excluding hydrogens is 363 g/mol. The largest absolute Gasteiger partial charge is 0.487 e. The summed E-state index contributed by atoms with van der Waals surface area (Å²) in [5.74, 6) is 0.488. The standard InChI is InChI=1S/C14H11BrCl2N2O/c15-10-5-12(17)13(6-11(10)16)20-7-8-3-1-2-4-9(8)14(18)19/h1-6H,7H2,(H3,18,19). The van der Waals surface area contributed by atoms with Gasteiger partial charge < -0.3 is 10.5 Å². The number of hydrogen-bond acceptors (Lipinski definition) is 2. The Hall–Kier alpha value is -1.23. The van der Waals surface area contributed by atoms with Gasteiger partial charge in [-0.1, -0.05) is 47.5 Å². The second-order valence-electron chi connectivity index (χ2n) is 4.06. The maximum atomic E-state index is 7.53. The van der Waals surface area contributed by atoms with Gasteiger partial charge in [-0.15, -0.1) is 0 Å². The average molecular weight is 374 g/mol. The second kappa shape index (κ2) is 6.48. The third-order valence-corrected chi connectivity index (χ3v) is 4.16. The van der Waals surface area contributed by atoms with Gasteiger partial charge in [-0.3, -0.25) is 5.41 Å². The minimum atomic E-state index is 0.00383. The Morgan fingerprint density at radius 1 is 1.20 bits per heavy atom. The molecule has 0 fully saturated rings. The first kappa shape index (κ1) is 15.2. The van der Waals surface area contributed by atoms with E-state index in [1.54, 1.807) is 18.2 Å². The van der Waals surface area contributed by atoms with Crippen molar-refractivity contribution in [2.75, 3.05) is 0 Å². The van der Waals surface area contributed by atoms with E-state index in [2.05, 4.69) is 15.9 Å². The number of rotatable bonds is 4. The molecule has 0 radical (unpaired) electrons. The van der Waals surface area contributed by atoms with Crippen LogP contribution in [0, 0.1) is 5.41 Å². The highest BCUT2D eigenvalue weighted by atomic mass is 79.9. The molecule has 2 rings (SSSR count). The minimum Gasteiger partial charge on any atom is -0.487 e. The number of nitrogen functional groups attached to an aromatic ring is 1. The van der Waals surface area contributed by atoms with Crippen LogP contribution >= 0.6 is 39.1 Å². The fraction of sp³-hybridized carbons (Fsp3) is 0.0714. The van der Waals surface area contributed by atoms with Crippen LogP contribution in [0.5, 0.6) is 5.75 Å². The molecule has 2 aromatic carbocycles. The first-order chi connectivity index (χ1) is 9.49. The van der Waals surface area contributed by atoms with E-state index in [0.717, 1.165) is 5.56 Å². The van der Waals surface area contributed by atoms with E-state index in [9.17, 15) is 0 Å². The van der Waals surface area contributed by atoms with Gasteiger partial charge >= 0.3 is 0 Å². The fourth-order valence-corrected chi connectivity index (χ4v) is 2.53. The first-order valence-electron chi connectivity index (χ1n) is 5.68. The monoisotopic (exact) mass is 372 g/mol. The van der Waals surface area contributed by atoms with E-state index in [4.69, 9.17) is 39.1 Å². The number of nitrogens with two attached hydrogens (primary N) is 1. The van der Waals surface area contributed by atoms with Crippen molar-refractivity contribution in [3.63, 3.8) is 0 Å². The zero-order valence-electron chi connectivity index (χ0n) is 10.3. The Balaban J connectivity index is 2.21. The summed E-state index contributed by atoms with van der Waals surface area (Å²) in [6, 6.07) is 10.6. The van der Waals surface area contributed by atoms with Gasteiger partial charge in [0.15, 0.2) is 0 Å². The summed E-state index contributed by atoms with van der Waals surface area (Å²) in [5.41, 5.74) is 6.99. The van der Waals surface area contributed by atoms with Gasteiger partial charge in [-0.25, -0.2) is 0 Å². The van der Waals surface area contributed by atoms with Crippen LogP contribution in [0.4, 0.5) is 0 Å². The molecule has 0 bridgehead atoms. The van der Waals surface area contributed by atoms with Crippen molar-refractivity contribution in [2.45, 2.75) is 6.61 Å². The molecule has 0 aliphatic heterocycles. The zero-order chi connectivity index (χ0) is 14.7. The molecule has 0 amide bonds. The minimum absolute atomic E-state index is 0.00383. The molecule has 0 heterocycles. The molecule has 0 atom stereocenters. The van der Waals surface area contributed by atoms with Crippen molar-refractivity contribution in [2.24, 2.45) is 5.73 Å². The quantitative estimate of drug-likeness (QED) is 0.466. The molecule has 0 unspecified atom stereocenters. The molecule has 0 aliphatic rings. The Kier molecular flexibility index (Phi) is 4.91. The highest BCUT2D eigenvalue weighted by Crippen LogP contribution is 2.34. The van der Waals surface area contributed by atoms with Crippen molar-refractivity contribution in [1.29, 1.82) is 5.41 Å². The SMILES string of the molecule is N=C(N)c1ccccc1COc1cc(Cl)c(Br)cc1Cl. The Labute approximate surface area is 135 Å². The van der Waals surface area contributed by atoms with Crippen molar-refractivity contribution in [3.05, 3.63) is 62.0 Å². The number of nitrogens with one attached hydrogen (secondary N) is 1. The summed E-state index contributed by atoms with van der Waals surface area (Å²) in [4.78, 5) is 0. The molecule has 3 N–H and O–H groups in total. The lowest BCUT2D eigenvalue weighted by molar-refractivity contribution is 0.306. The number of ether oxygens (including phenoxy) is 1. The van der Waals surface area contributed by atoms with E-state index in [1.165, 1.54) is 0 Å². The summed E-state index contributed by atoms with van der Waals surface area (Å²) < 4.78 is 6.37. The third kappa shape index (κ3) is 3.45. The molecule has 0 saturated carbocycles. The van der Waals surface area contributed by atoms with E-state index >= 15 is 0 Å². The van der Waals surface area contributed by atoms with Crippen molar-refractivity contribution < 1.29 is 4.74 Å². The topological polar surface area (TPSA) is 59.1 Å². The van der Waals surface area contributed by atoms with Crippen molar-refractivity contribution >= 4 is 45.0 Å². The highest BCUT2D eigenvalue weighted by Gasteiger charge is 2.09. The van der Waals surface area contributed by atoms with Gasteiger partial charge in [0.25, 0.3) is 0 Å². The molecule has 0 aliphatic carbocycles. The average Bonchev–Trinajstić information content (AvgIpc) is 2.41. The molecule has 104 valence electrons. The Morgan fingerprint density at radius 3 is 2.60 bits per heavy atom. The van der Waals surface area contributed by atoms with E-state index < -0.39 is 0 Å². The molecule has 20 heavy (non-hydrogen) atoms. The van der Waals surface area contributed by atoms with Crippen molar-refractivity contribution in [3.8, 4) is 5.75 Å². The third-order valence-electron chi connectivity index (χ3n) is 2.67. The summed E-state index contributed by atoms with van der Waals surface area (Å²) >= 11 is 15.4. The van der Waals surface area contributed by atoms with Crippen LogP contribution < -0.4 is 10.5 Å². The predicted octanol–water partition coefficient (Wildman–Crippen LogP) is 4.62. The van der Waals surface area contributed by atoms with Crippen molar-refractivity contribution in [1.82, 2.24) is 0 Å². The van der Waals surface area contributed by atoms with Crippen LogP contribution in [0.25, 0.3) is 0 Å². The van der Waals surface area contributed by atoms with Gasteiger partial charge in [-0.2, -0.15) is 0 Å². The van der Waals surface area contributed by atoms with Gasteiger partial charge in [0.1, 0.15) is 18.2 Å². The smallest absolute Gasteiger partial charge is 0.139 e. The summed E-state index contributed by atoms with van der Waals surface area (Å²) in [5, 5.41) is 8.51. The van der Waals surface area contributed by atoms with E-state index in [0.29, 0.717) is 25.8 Å². The summed E-state index contributed by atoms with van der Waals surface area (Å²) in [6.45, 7) is 0.257.